The molecule has 0 nitrogen and oxygen atoms in total. The lowest BCUT2D eigenvalue weighted by atomic mass is 10.3. The molecule has 1 heterocycles. The lowest BCUT2D eigenvalue weighted by molar-refractivity contribution is 1.76. The Morgan fingerprint density at radius 1 is 0.882 bits per heavy atom. The van der Waals surface area contributed by atoms with E-state index in [1.807, 2.05) is 0 Å². The van der Waals surface area contributed by atoms with Crippen molar-refractivity contribution in [1.82, 2.24) is 0 Å². The molecule has 17 heavy (non-hydrogen) atoms. The first kappa shape index (κ1) is 14.3. The quantitative estimate of drug-likeness (QED) is 0.492. The Morgan fingerprint density at radius 2 is 1.41 bits per heavy atom. The van der Waals surface area contributed by atoms with E-state index in [1.165, 1.54) is 0 Å². The third-order valence-electron chi connectivity index (χ3n) is 1.79. The van der Waals surface area contributed by atoms with Crippen LogP contribution in [0.1, 0.15) is 10.4 Å². The molecule has 0 saturated carbocycles. The molecule has 0 spiro atoms. The van der Waals surface area contributed by atoms with Crippen molar-refractivity contribution < 1.29 is 0 Å². The van der Waals surface area contributed by atoms with Crippen LogP contribution in [0.5, 0.6) is 0 Å². The van der Waals surface area contributed by atoms with Crippen LogP contribution < -0.4 is 0 Å². The number of hydrogen-bond donors (Lipinski definition) is 0. The summed E-state index contributed by atoms with van der Waals surface area (Å²) in [5.41, 5.74) is 7.92. The Morgan fingerprint density at radius 3 is 1.94 bits per heavy atom. The van der Waals surface area contributed by atoms with Crippen LogP contribution in [-0.4, -0.2) is 16.1 Å². The number of thiophene rings is 1. The second-order valence-corrected chi connectivity index (χ2v) is 16.6. The highest BCUT2D eigenvalue weighted by Gasteiger charge is 2.09. The first-order chi connectivity index (χ1) is 7.67. The minimum atomic E-state index is -1.29. The van der Waals surface area contributed by atoms with Gasteiger partial charge in [-0.15, -0.1) is 22.4 Å². The van der Waals surface area contributed by atoms with Crippen molar-refractivity contribution in [2.24, 2.45) is 0 Å². The fraction of sp³-hybridized carbons (Fsp3) is 0.429. The monoisotopic (exact) mass is 276 g/mol. The Balaban J connectivity index is 3.01. The lowest BCUT2D eigenvalue weighted by Crippen LogP contribution is -2.16. The predicted molar refractivity (Wildman–Crippen MR) is 84.8 cm³/mol. The van der Waals surface area contributed by atoms with E-state index in [0.29, 0.717) is 0 Å². The molecule has 1 aromatic heterocycles. The molecule has 0 unspecified atom stereocenters. The standard InChI is InChI=1S/C14H20SSi2/c1-16(2,3)11-8-13-7-10-15-14(13)9-12-17(4,5)6/h7,10H,1-6H3. The van der Waals surface area contributed by atoms with Crippen LogP contribution in [0.25, 0.3) is 0 Å². The van der Waals surface area contributed by atoms with Crippen molar-refractivity contribution in [2.45, 2.75) is 39.3 Å². The van der Waals surface area contributed by atoms with E-state index in [-0.39, 0.29) is 0 Å². The smallest absolute Gasteiger partial charge is 0.129 e. The van der Waals surface area contributed by atoms with Gasteiger partial charge in [-0.25, -0.2) is 0 Å². The van der Waals surface area contributed by atoms with Gasteiger partial charge in [0.05, 0.1) is 10.4 Å². The summed E-state index contributed by atoms with van der Waals surface area (Å²) in [5.74, 6) is 6.62. The minimum absolute atomic E-state index is 1.11. The summed E-state index contributed by atoms with van der Waals surface area (Å²) in [6, 6.07) is 2.09. The maximum Gasteiger partial charge on any atom is 0.129 e. The van der Waals surface area contributed by atoms with E-state index < -0.39 is 16.1 Å². The van der Waals surface area contributed by atoms with Crippen LogP contribution in [0, 0.1) is 22.9 Å². The van der Waals surface area contributed by atoms with Gasteiger partial charge in [-0.05, 0) is 11.4 Å². The maximum absolute atomic E-state index is 3.40. The summed E-state index contributed by atoms with van der Waals surface area (Å²) in [5, 5.41) is 2.09. The first-order valence-corrected chi connectivity index (χ1v) is 13.7. The summed E-state index contributed by atoms with van der Waals surface area (Å²) in [4.78, 5) is 1.14. The molecule has 0 N–H and O–H groups in total. The van der Waals surface area contributed by atoms with Gasteiger partial charge < -0.3 is 0 Å². The van der Waals surface area contributed by atoms with Crippen LogP contribution in [0.4, 0.5) is 0 Å². The minimum Gasteiger partial charge on any atom is -0.134 e. The molecule has 0 amide bonds. The van der Waals surface area contributed by atoms with E-state index in [9.17, 15) is 0 Å². The highest BCUT2D eigenvalue weighted by atomic mass is 32.1. The molecule has 0 fully saturated rings. The molecular weight excluding hydrogens is 256 g/mol. The van der Waals surface area contributed by atoms with Crippen molar-refractivity contribution in [1.29, 1.82) is 0 Å². The van der Waals surface area contributed by atoms with Crippen molar-refractivity contribution in [2.75, 3.05) is 0 Å². The van der Waals surface area contributed by atoms with E-state index in [2.05, 4.69) is 73.7 Å². The van der Waals surface area contributed by atoms with Gasteiger partial charge in [-0.2, -0.15) is 0 Å². The van der Waals surface area contributed by atoms with Gasteiger partial charge in [0.1, 0.15) is 16.1 Å². The lowest BCUT2D eigenvalue weighted by Gasteiger charge is -2.03. The molecule has 3 heteroatoms. The second-order valence-electron chi connectivity index (χ2n) is 6.16. The van der Waals surface area contributed by atoms with Gasteiger partial charge in [-0.3, -0.25) is 0 Å². The Hall–Kier alpha value is -0.746. The van der Waals surface area contributed by atoms with Gasteiger partial charge in [0.25, 0.3) is 0 Å². The molecule has 0 atom stereocenters. The van der Waals surface area contributed by atoms with Crippen LogP contribution >= 0.6 is 11.3 Å². The fourth-order valence-corrected chi connectivity index (χ4v) is 2.80. The molecule has 0 aliphatic rings. The van der Waals surface area contributed by atoms with Crippen LogP contribution in [0.15, 0.2) is 11.4 Å². The molecular formula is C14H20SSi2. The molecule has 0 aliphatic carbocycles. The average Bonchev–Trinajstić information content (AvgIpc) is 2.56. The van der Waals surface area contributed by atoms with Crippen molar-refractivity contribution in [3.05, 3.63) is 21.9 Å². The van der Waals surface area contributed by atoms with Crippen molar-refractivity contribution in [3.63, 3.8) is 0 Å². The van der Waals surface area contributed by atoms with Crippen LogP contribution in [0.3, 0.4) is 0 Å². The largest absolute Gasteiger partial charge is 0.134 e. The summed E-state index contributed by atoms with van der Waals surface area (Å²) >= 11 is 1.70. The third kappa shape index (κ3) is 5.93. The molecule has 0 bridgehead atoms. The number of rotatable bonds is 0. The van der Waals surface area contributed by atoms with E-state index in [1.54, 1.807) is 11.3 Å². The van der Waals surface area contributed by atoms with E-state index in [0.717, 1.165) is 10.4 Å². The van der Waals surface area contributed by atoms with E-state index in [4.69, 9.17) is 0 Å². The van der Waals surface area contributed by atoms with Gasteiger partial charge >= 0.3 is 0 Å². The zero-order valence-corrected chi connectivity index (χ0v) is 14.4. The summed E-state index contributed by atoms with van der Waals surface area (Å²) < 4.78 is 0. The van der Waals surface area contributed by atoms with Crippen LogP contribution in [0.2, 0.25) is 39.3 Å². The summed E-state index contributed by atoms with van der Waals surface area (Å²) in [6.45, 7) is 13.6. The van der Waals surface area contributed by atoms with Crippen molar-refractivity contribution in [3.8, 4) is 22.9 Å². The molecule has 0 saturated heterocycles. The van der Waals surface area contributed by atoms with Crippen LogP contribution in [-0.2, 0) is 0 Å². The van der Waals surface area contributed by atoms with Gasteiger partial charge in [0.2, 0.25) is 0 Å². The van der Waals surface area contributed by atoms with Gasteiger partial charge in [0, 0.05) is 0 Å². The zero-order chi connectivity index (χ0) is 13.1. The topological polar surface area (TPSA) is 0 Å². The second kappa shape index (κ2) is 5.27. The molecule has 0 aromatic carbocycles. The SMILES string of the molecule is C[Si](C)(C)C#Cc1ccsc1C#C[Si](C)(C)C. The summed E-state index contributed by atoms with van der Waals surface area (Å²) in [6.07, 6.45) is 0. The summed E-state index contributed by atoms with van der Waals surface area (Å²) in [7, 11) is -2.58. The average molecular weight is 277 g/mol. The van der Waals surface area contributed by atoms with Gasteiger partial charge in [-0.1, -0.05) is 51.1 Å². The van der Waals surface area contributed by atoms with E-state index >= 15 is 0 Å². The Bertz CT molecular complexity index is 458. The molecule has 0 radical (unpaired) electrons. The molecule has 90 valence electrons. The normalized spacial score (nSPS) is 11.2. The fourth-order valence-electron chi connectivity index (χ4n) is 1.00. The Kier molecular flexibility index (Phi) is 4.44. The molecule has 1 aromatic rings. The van der Waals surface area contributed by atoms with Gasteiger partial charge in [0.15, 0.2) is 0 Å². The molecule has 1 rings (SSSR count). The highest BCUT2D eigenvalue weighted by molar-refractivity contribution is 7.10. The zero-order valence-electron chi connectivity index (χ0n) is 11.6. The Labute approximate surface area is 111 Å². The molecule has 0 aliphatic heterocycles. The first-order valence-electron chi connectivity index (χ1n) is 5.81. The third-order valence-corrected chi connectivity index (χ3v) is 4.37. The maximum atomic E-state index is 3.40. The predicted octanol–water partition coefficient (Wildman–Crippen LogP) is 4.21. The number of hydrogen-bond acceptors (Lipinski definition) is 1. The highest BCUT2D eigenvalue weighted by Crippen LogP contribution is 2.15. The van der Waals surface area contributed by atoms with Crippen molar-refractivity contribution >= 4 is 27.5 Å².